The topological polar surface area (TPSA) is 46.6 Å². The molecule has 4 nitrogen and oxygen atoms in total. The van der Waals surface area contributed by atoms with Crippen molar-refractivity contribution in [3.63, 3.8) is 0 Å². The first-order valence-corrected chi connectivity index (χ1v) is 8.12. The fraction of sp³-hybridized carbons (Fsp3) is 0.118. The molecule has 2 aromatic rings. The third kappa shape index (κ3) is 3.13. The Hall–Kier alpha value is -2.18. The summed E-state index contributed by atoms with van der Waals surface area (Å²) in [6, 6.07) is 13.9. The van der Waals surface area contributed by atoms with Gasteiger partial charge in [-0.3, -0.25) is 14.5 Å². The van der Waals surface area contributed by atoms with Gasteiger partial charge >= 0.3 is 5.97 Å². The van der Waals surface area contributed by atoms with Gasteiger partial charge in [0.2, 0.25) is 0 Å². The van der Waals surface area contributed by atoms with E-state index in [1.165, 1.54) is 23.8 Å². The van der Waals surface area contributed by atoms with Crippen LogP contribution in [0.5, 0.6) is 0 Å². The molecule has 23 heavy (non-hydrogen) atoms. The molecule has 6 heteroatoms. The molecular weight excluding hydrogens is 330 g/mol. The fourth-order valence-corrected chi connectivity index (χ4v) is 3.59. The number of nitrogens with zero attached hydrogens (tertiary/aromatic N) is 1. The van der Waals surface area contributed by atoms with Crippen LogP contribution in [0.1, 0.15) is 5.56 Å². The molecule has 2 aromatic carbocycles. The number of amides is 1. The van der Waals surface area contributed by atoms with Crippen molar-refractivity contribution < 1.29 is 14.3 Å². The Morgan fingerprint density at radius 1 is 1.26 bits per heavy atom. The number of rotatable bonds is 3. The molecule has 116 valence electrons. The minimum Gasteiger partial charge on any atom is -0.468 e. The smallest absolute Gasteiger partial charge is 0.325 e. The van der Waals surface area contributed by atoms with Crippen LogP contribution in [0.25, 0.3) is 16.8 Å². The molecule has 3 rings (SSSR count). The maximum absolute atomic E-state index is 12.4. The van der Waals surface area contributed by atoms with Crippen molar-refractivity contribution in [3.8, 4) is 0 Å². The summed E-state index contributed by atoms with van der Waals surface area (Å²) in [4.78, 5) is 25.6. The zero-order valence-electron chi connectivity index (χ0n) is 12.3. The van der Waals surface area contributed by atoms with Gasteiger partial charge in [-0.2, -0.15) is 0 Å². The molecule has 0 radical (unpaired) electrons. The standard InChI is InChI=1S/C17H13NO3S2/c1-21-15(19)10-18-16(20)14(23-17(18)22)9-12-7-4-6-11-5-2-3-8-13(11)12/h2-9H,10H2,1H3. The molecule has 0 unspecified atom stereocenters. The quantitative estimate of drug-likeness (QED) is 0.486. The van der Waals surface area contributed by atoms with Crippen molar-refractivity contribution in [3.05, 3.63) is 52.9 Å². The van der Waals surface area contributed by atoms with E-state index in [1.54, 1.807) is 0 Å². The molecular formula is C17H13NO3S2. The predicted octanol–water partition coefficient (Wildman–Crippen LogP) is 3.21. The molecule has 1 saturated heterocycles. The van der Waals surface area contributed by atoms with Crippen molar-refractivity contribution in [1.82, 2.24) is 4.90 Å². The van der Waals surface area contributed by atoms with Crippen LogP contribution in [0.4, 0.5) is 0 Å². The van der Waals surface area contributed by atoms with Gasteiger partial charge in [-0.25, -0.2) is 0 Å². The van der Waals surface area contributed by atoms with E-state index in [0.29, 0.717) is 9.23 Å². The van der Waals surface area contributed by atoms with Gasteiger partial charge in [0.05, 0.1) is 12.0 Å². The van der Waals surface area contributed by atoms with E-state index in [-0.39, 0.29) is 12.5 Å². The second-order valence-electron chi connectivity index (χ2n) is 4.91. The average Bonchev–Trinajstić information content (AvgIpc) is 2.82. The van der Waals surface area contributed by atoms with Gasteiger partial charge < -0.3 is 4.74 Å². The number of methoxy groups -OCH3 is 1. The summed E-state index contributed by atoms with van der Waals surface area (Å²) in [7, 11) is 1.28. The fourth-order valence-electron chi connectivity index (χ4n) is 2.35. The molecule has 0 atom stereocenters. The summed E-state index contributed by atoms with van der Waals surface area (Å²) in [5.41, 5.74) is 0.946. The van der Waals surface area contributed by atoms with Crippen LogP contribution in [0, 0.1) is 0 Å². The van der Waals surface area contributed by atoms with Crippen molar-refractivity contribution in [1.29, 1.82) is 0 Å². The first-order chi connectivity index (χ1) is 11.1. The van der Waals surface area contributed by atoms with Crippen LogP contribution >= 0.6 is 24.0 Å². The Labute approximate surface area is 143 Å². The lowest BCUT2D eigenvalue weighted by Crippen LogP contribution is -2.33. The first-order valence-electron chi connectivity index (χ1n) is 6.90. The summed E-state index contributed by atoms with van der Waals surface area (Å²) in [6.07, 6.45) is 1.82. The van der Waals surface area contributed by atoms with Gasteiger partial charge in [0.1, 0.15) is 10.9 Å². The van der Waals surface area contributed by atoms with Gasteiger partial charge in [-0.05, 0) is 22.4 Å². The molecule has 0 N–H and O–H groups in total. The van der Waals surface area contributed by atoms with Crippen molar-refractivity contribution in [2.45, 2.75) is 0 Å². The number of esters is 1. The van der Waals surface area contributed by atoms with E-state index < -0.39 is 5.97 Å². The van der Waals surface area contributed by atoms with Gasteiger partial charge in [0.15, 0.2) is 0 Å². The Morgan fingerprint density at radius 2 is 2.00 bits per heavy atom. The number of carbonyl (C=O) groups excluding carboxylic acids is 2. The molecule has 1 heterocycles. The normalized spacial score (nSPS) is 16.4. The van der Waals surface area contributed by atoms with Crippen LogP contribution in [-0.4, -0.2) is 34.8 Å². The lowest BCUT2D eigenvalue weighted by atomic mass is 10.0. The van der Waals surface area contributed by atoms with E-state index in [1.807, 2.05) is 48.5 Å². The number of hydrogen-bond donors (Lipinski definition) is 0. The molecule has 1 aliphatic heterocycles. The molecule has 0 aliphatic carbocycles. The van der Waals surface area contributed by atoms with Gasteiger partial charge in [0, 0.05) is 0 Å². The highest BCUT2D eigenvalue weighted by Gasteiger charge is 2.33. The van der Waals surface area contributed by atoms with Gasteiger partial charge in [-0.15, -0.1) is 0 Å². The van der Waals surface area contributed by atoms with E-state index in [2.05, 4.69) is 4.74 Å². The SMILES string of the molecule is COC(=O)CN1C(=O)C(=Cc2cccc3ccccc23)SC1=S. The summed E-state index contributed by atoms with van der Waals surface area (Å²) < 4.78 is 4.97. The zero-order valence-corrected chi connectivity index (χ0v) is 13.9. The zero-order chi connectivity index (χ0) is 16.4. The van der Waals surface area contributed by atoms with Crippen LogP contribution in [-0.2, 0) is 14.3 Å². The van der Waals surface area contributed by atoms with Crippen molar-refractivity contribution in [2.24, 2.45) is 0 Å². The number of hydrogen-bond acceptors (Lipinski definition) is 5. The maximum atomic E-state index is 12.4. The highest BCUT2D eigenvalue weighted by molar-refractivity contribution is 8.26. The van der Waals surface area contributed by atoms with Crippen LogP contribution in [0.2, 0.25) is 0 Å². The Kier molecular flexibility index (Phi) is 4.45. The number of ether oxygens (including phenoxy) is 1. The summed E-state index contributed by atoms with van der Waals surface area (Å²) in [5, 5.41) is 2.17. The van der Waals surface area contributed by atoms with Crippen LogP contribution in [0.3, 0.4) is 0 Å². The number of benzene rings is 2. The van der Waals surface area contributed by atoms with Crippen molar-refractivity contribution in [2.75, 3.05) is 13.7 Å². The summed E-state index contributed by atoms with van der Waals surface area (Å²) in [5.74, 6) is -0.758. The number of carbonyl (C=O) groups is 2. The molecule has 1 amide bonds. The molecule has 1 aliphatic rings. The number of fused-ring (bicyclic) bond motifs is 1. The second-order valence-corrected chi connectivity index (χ2v) is 6.59. The van der Waals surface area contributed by atoms with E-state index in [9.17, 15) is 9.59 Å². The minimum atomic E-state index is -0.493. The van der Waals surface area contributed by atoms with Gasteiger partial charge in [0.25, 0.3) is 5.91 Å². The maximum Gasteiger partial charge on any atom is 0.325 e. The van der Waals surface area contributed by atoms with Gasteiger partial charge in [-0.1, -0.05) is 66.4 Å². The molecule has 0 spiro atoms. The predicted molar refractivity (Wildman–Crippen MR) is 95.8 cm³/mol. The van der Waals surface area contributed by atoms with E-state index in [0.717, 1.165) is 16.3 Å². The average molecular weight is 343 g/mol. The monoisotopic (exact) mass is 343 g/mol. The van der Waals surface area contributed by atoms with Crippen molar-refractivity contribution >= 4 is 57.0 Å². The number of thioether (sulfide) groups is 1. The van der Waals surface area contributed by atoms with E-state index >= 15 is 0 Å². The molecule has 0 aromatic heterocycles. The lowest BCUT2D eigenvalue weighted by Gasteiger charge is -2.11. The third-order valence-electron chi connectivity index (χ3n) is 3.50. The first kappa shape index (κ1) is 15.7. The highest BCUT2D eigenvalue weighted by atomic mass is 32.2. The van der Waals surface area contributed by atoms with E-state index in [4.69, 9.17) is 12.2 Å². The third-order valence-corrected chi connectivity index (χ3v) is 4.88. The molecule has 0 saturated carbocycles. The molecule has 0 bridgehead atoms. The van der Waals surface area contributed by atoms with Crippen LogP contribution < -0.4 is 0 Å². The second kappa shape index (κ2) is 6.52. The minimum absolute atomic E-state index is 0.159. The Morgan fingerprint density at radius 3 is 2.78 bits per heavy atom. The largest absolute Gasteiger partial charge is 0.468 e. The summed E-state index contributed by atoms with van der Waals surface area (Å²) in [6.45, 7) is -0.159. The lowest BCUT2D eigenvalue weighted by molar-refractivity contribution is -0.143. The highest BCUT2D eigenvalue weighted by Crippen LogP contribution is 2.33. The summed E-state index contributed by atoms with van der Waals surface area (Å²) >= 11 is 6.39. The van der Waals surface area contributed by atoms with Crippen LogP contribution in [0.15, 0.2) is 47.4 Å². The molecule has 1 fully saturated rings. The number of thiocarbonyl (C=S) groups is 1. The Balaban J connectivity index is 1.95. The Bertz CT molecular complexity index is 839.